The molecule has 9 nitrogen and oxygen atoms in total. The van der Waals surface area contributed by atoms with E-state index in [-0.39, 0.29) is 16.3 Å². The lowest BCUT2D eigenvalue weighted by atomic mass is 10.1. The van der Waals surface area contributed by atoms with Gasteiger partial charge in [-0.15, -0.1) is 5.10 Å². The number of nitrogens with zero attached hydrogens (tertiary/aromatic N) is 5. The van der Waals surface area contributed by atoms with Gasteiger partial charge in [-0.1, -0.05) is 29.0 Å². The molecule has 1 aromatic heterocycles. The van der Waals surface area contributed by atoms with Crippen molar-refractivity contribution >= 4 is 29.5 Å². The van der Waals surface area contributed by atoms with Crippen LogP contribution in [0.3, 0.4) is 0 Å². The van der Waals surface area contributed by atoms with Crippen molar-refractivity contribution in [1.29, 1.82) is 0 Å². The maximum atomic E-state index is 12.4. The summed E-state index contributed by atoms with van der Waals surface area (Å²) in [5.41, 5.74) is 0.180. The zero-order valence-corrected chi connectivity index (χ0v) is 13.5. The number of hydrogen-bond acceptors (Lipinski definition) is 8. The number of imide groups is 1. The van der Waals surface area contributed by atoms with Gasteiger partial charge in [-0.3, -0.25) is 9.59 Å². The van der Waals surface area contributed by atoms with Crippen LogP contribution in [-0.4, -0.2) is 55.0 Å². The number of benzene rings is 1. The van der Waals surface area contributed by atoms with E-state index < -0.39 is 36.3 Å². The molecule has 136 valence electrons. The highest BCUT2D eigenvalue weighted by Crippen LogP contribution is 2.24. The zero-order chi connectivity index (χ0) is 18.9. The number of aromatic nitrogens is 4. The summed E-state index contributed by atoms with van der Waals surface area (Å²) in [4.78, 5) is 40.7. The van der Waals surface area contributed by atoms with Crippen molar-refractivity contribution in [3.8, 4) is 0 Å². The molecule has 1 aromatic carbocycles. The van der Waals surface area contributed by atoms with Crippen molar-refractivity contribution in [3.05, 3.63) is 35.4 Å². The summed E-state index contributed by atoms with van der Waals surface area (Å²) in [5, 5.41) is 9.71. The fourth-order valence-electron chi connectivity index (χ4n) is 2.07. The van der Waals surface area contributed by atoms with E-state index in [0.29, 0.717) is 21.5 Å². The summed E-state index contributed by atoms with van der Waals surface area (Å²) in [7, 11) is 0. The lowest BCUT2D eigenvalue weighted by molar-refractivity contribution is -0.165. The van der Waals surface area contributed by atoms with Crippen LogP contribution in [0.25, 0.3) is 0 Å². The van der Waals surface area contributed by atoms with E-state index in [0.717, 1.165) is 0 Å². The van der Waals surface area contributed by atoms with Crippen LogP contribution in [0, 0.1) is 0 Å². The van der Waals surface area contributed by atoms with Crippen LogP contribution in [-0.2, 0) is 16.2 Å². The second kappa shape index (κ2) is 6.74. The number of tetrazole rings is 1. The summed E-state index contributed by atoms with van der Waals surface area (Å²) in [5.74, 6) is -3.13. The molecule has 26 heavy (non-hydrogen) atoms. The summed E-state index contributed by atoms with van der Waals surface area (Å²) >= 11 is 0.575. The predicted molar refractivity (Wildman–Crippen MR) is 77.6 cm³/mol. The zero-order valence-electron chi connectivity index (χ0n) is 12.6. The van der Waals surface area contributed by atoms with Crippen LogP contribution in [0.4, 0.5) is 13.2 Å². The van der Waals surface area contributed by atoms with E-state index in [9.17, 15) is 27.6 Å². The van der Waals surface area contributed by atoms with Gasteiger partial charge in [0.25, 0.3) is 11.8 Å². The second-order valence-electron chi connectivity index (χ2n) is 4.94. The average Bonchev–Trinajstić information content (AvgIpc) is 3.10. The summed E-state index contributed by atoms with van der Waals surface area (Å²) < 4.78 is 37.6. The number of amides is 2. The Morgan fingerprint density at radius 3 is 2.35 bits per heavy atom. The average molecular weight is 387 g/mol. The van der Waals surface area contributed by atoms with Crippen LogP contribution in [0.1, 0.15) is 20.7 Å². The summed E-state index contributed by atoms with van der Waals surface area (Å²) in [6, 6.07) is 5.91. The van der Waals surface area contributed by atoms with Crippen molar-refractivity contribution in [2.75, 3.05) is 5.75 Å². The molecule has 0 atom stereocenters. The Morgan fingerprint density at radius 2 is 1.77 bits per heavy atom. The molecular weight excluding hydrogens is 379 g/mol. The van der Waals surface area contributed by atoms with Crippen molar-refractivity contribution in [1.82, 2.24) is 25.3 Å². The molecule has 3 rings (SSSR count). The quantitative estimate of drug-likeness (QED) is 0.554. The molecule has 0 N–H and O–H groups in total. The molecule has 0 saturated carbocycles. The Balaban J connectivity index is 1.60. The maximum absolute atomic E-state index is 12.4. The minimum atomic E-state index is -4.54. The third-order valence-electron chi connectivity index (χ3n) is 3.10. The van der Waals surface area contributed by atoms with E-state index in [1.807, 2.05) is 0 Å². The number of carbonyl (C=O) groups is 3. The summed E-state index contributed by atoms with van der Waals surface area (Å²) in [6.45, 7) is -1.42. The van der Waals surface area contributed by atoms with Crippen LogP contribution >= 0.6 is 11.8 Å². The van der Waals surface area contributed by atoms with E-state index in [1.165, 1.54) is 12.1 Å². The van der Waals surface area contributed by atoms with Crippen molar-refractivity contribution in [2.45, 2.75) is 17.9 Å². The van der Waals surface area contributed by atoms with Gasteiger partial charge in [-0.05, 0) is 22.6 Å². The fraction of sp³-hybridized carbons (Fsp3) is 0.231. The Bertz CT molecular complexity index is 850. The molecule has 1 aliphatic heterocycles. The van der Waals surface area contributed by atoms with E-state index in [4.69, 9.17) is 4.84 Å². The monoisotopic (exact) mass is 387 g/mol. The lowest BCUT2D eigenvalue weighted by Gasteiger charge is -2.12. The number of rotatable bonds is 5. The molecule has 0 spiro atoms. The smallest absolute Gasteiger partial charge is 0.329 e. The molecule has 13 heteroatoms. The molecule has 0 aliphatic carbocycles. The van der Waals surface area contributed by atoms with Crippen molar-refractivity contribution in [2.24, 2.45) is 0 Å². The second-order valence-corrected chi connectivity index (χ2v) is 5.88. The molecule has 0 fully saturated rings. The molecule has 0 unspecified atom stereocenters. The predicted octanol–water partition coefficient (Wildman–Crippen LogP) is 1.08. The fourth-order valence-corrected chi connectivity index (χ4v) is 2.71. The molecule has 2 aromatic rings. The van der Waals surface area contributed by atoms with E-state index in [2.05, 4.69) is 15.5 Å². The third kappa shape index (κ3) is 3.66. The molecule has 2 heterocycles. The normalized spacial score (nSPS) is 13.9. The first-order chi connectivity index (χ1) is 12.3. The standard InChI is InChI=1S/C13H8F3N5O4S/c14-13(15,16)6-20-12(17-18-19-20)26-5-9(22)25-21-10(23)7-3-1-2-4-8(7)11(21)24/h1-4H,5-6H2. The number of hydrogen-bond donors (Lipinski definition) is 0. The van der Waals surface area contributed by atoms with Gasteiger partial charge in [0.2, 0.25) is 5.16 Å². The Labute approximate surface area is 147 Å². The van der Waals surface area contributed by atoms with Gasteiger partial charge >= 0.3 is 12.1 Å². The Hall–Kier alpha value is -2.96. The van der Waals surface area contributed by atoms with Gasteiger partial charge in [0.05, 0.1) is 11.1 Å². The number of fused-ring (bicyclic) bond motifs is 1. The third-order valence-corrected chi connectivity index (χ3v) is 4.03. The molecule has 0 saturated heterocycles. The number of hydroxylamine groups is 2. The highest BCUT2D eigenvalue weighted by atomic mass is 32.2. The Morgan fingerprint density at radius 1 is 1.15 bits per heavy atom. The number of carbonyl (C=O) groups excluding carboxylic acids is 3. The van der Waals surface area contributed by atoms with Crippen LogP contribution in [0.15, 0.2) is 29.4 Å². The number of thioether (sulfide) groups is 1. The van der Waals surface area contributed by atoms with Gasteiger partial charge < -0.3 is 4.84 Å². The molecule has 0 bridgehead atoms. The highest BCUT2D eigenvalue weighted by molar-refractivity contribution is 7.99. The SMILES string of the molecule is O=C(CSc1nnnn1CC(F)(F)F)ON1C(=O)c2ccccc2C1=O. The topological polar surface area (TPSA) is 107 Å². The maximum Gasteiger partial charge on any atom is 0.408 e. The van der Waals surface area contributed by atoms with Crippen LogP contribution in [0.2, 0.25) is 0 Å². The van der Waals surface area contributed by atoms with Gasteiger partial charge in [0.1, 0.15) is 12.3 Å². The minimum absolute atomic E-state index is 0.0899. The first-order valence-electron chi connectivity index (χ1n) is 6.90. The Kier molecular flexibility index (Phi) is 4.63. The largest absolute Gasteiger partial charge is 0.408 e. The van der Waals surface area contributed by atoms with Gasteiger partial charge in [-0.2, -0.15) is 13.2 Å². The molecule has 1 aliphatic rings. The van der Waals surface area contributed by atoms with Crippen molar-refractivity contribution < 1.29 is 32.4 Å². The molecule has 0 radical (unpaired) electrons. The first-order valence-corrected chi connectivity index (χ1v) is 7.89. The van der Waals surface area contributed by atoms with Crippen LogP contribution < -0.4 is 0 Å². The summed E-state index contributed by atoms with van der Waals surface area (Å²) in [6.07, 6.45) is -4.54. The molecular formula is C13H8F3N5O4S. The number of alkyl halides is 3. The van der Waals surface area contributed by atoms with Crippen LogP contribution in [0.5, 0.6) is 0 Å². The highest BCUT2D eigenvalue weighted by Gasteiger charge is 2.38. The van der Waals surface area contributed by atoms with Gasteiger partial charge in [0, 0.05) is 0 Å². The number of halogens is 3. The lowest BCUT2D eigenvalue weighted by Crippen LogP contribution is -2.33. The van der Waals surface area contributed by atoms with Gasteiger partial charge in [0.15, 0.2) is 0 Å². The van der Waals surface area contributed by atoms with E-state index in [1.54, 1.807) is 12.1 Å². The minimum Gasteiger partial charge on any atom is -0.329 e. The first kappa shape index (κ1) is 17.8. The van der Waals surface area contributed by atoms with Crippen molar-refractivity contribution in [3.63, 3.8) is 0 Å². The van der Waals surface area contributed by atoms with Gasteiger partial charge in [-0.25, -0.2) is 9.48 Å². The van der Waals surface area contributed by atoms with E-state index >= 15 is 0 Å². The molecule has 2 amide bonds.